The first-order chi connectivity index (χ1) is 16.1. The Bertz CT molecular complexity index is 1070. The average Bonchev–Trinajstić information content (AvgIpc) is 2.95. The van der Waals surface area contributed by atoms with Crippen LogP contribution < -0.4 is 5.32 Å². The fourth-order valence-corrected chi connectivity index (χ4v) is 4.73. The SMILES string of the molecule is O=C(O)C/C1=C/CCc2ccccc2CN(C(=O)C/C2=C/CCc3ccccc3CNC2)C1. The van der Waals surface area contributed by atoms with Crippen molar-refractivity contribution in [3.63, 3.8) is 0 Å². The summed E-state index contributed by atoms with van der Waals surface area (Å²) in [6.07, 6.45) is 8.06. The molecule has 0 atom stereocenters. The Balaban J connectivity index is 1.50. The number of aryl methyl sites for hydroxylation is 2. The summed E-state index contributed by atoms with van der Waals surface area (Å²) in [5, 5.41) is 12.9. The van der Waals surface area contributed by atoms with Gasteiger partial charge in [0.05, 0.1) is 6.42 Å². The van der Waals surface area contributed by atoms with Crippen LogP contribution >= 0.6 is 0 Å². The second-order valence-corrected chi connectivity index (χ2v) is 8.94. The number of amides is 1. The zero-order chi connectivity index (χ0) is 23.0. The van der Waals surface area contributed by atoms with Crippen LogP contribution in [0.1, 0.15) is 47.9 Å². The van der Waals surface area contributed by atoms with Crippen LogP contribution in [0.2, 0.25) is 0 Å². The minimum absolute atomic E-state index is 0.0252. The molecule has 5 heteroatoms. The van der Waals surface area contributed by atoms with Crippen molar-refractivity contribution in [2.24, 2.45) is 0 Å². The highest BCUT2D eigenvalue weighted by Gasteiger charge is 2.21. The van der Waals surface area contributed by atoms with Crippen molar-refractivity contribution >= 4 is 11.9 Å². The molecule has 1 amide bonds. The number of hydrogen-bond acceptors (Lipinski definition) is 3. The van der Waals surface area contributed by atoms with Crippen LogP contribution in [-0.2, 0) is 35.5 Å². The summed E-state index contributed by atoms with van der Waals surface area (Å²) >= 11 is 0. The molecule has 4 rings (SSSR count). The van der Waals surface area contributed by atoms with Gasteiger partial charge in [-0.25, -0.2) is 0 Å². The number of rotatable bonds is 4. The van der Waals surface area contributed by atoms with Gasteiger partial charge in [-0.05, 0) is 53.5 Å². The lowest BCUT2D eigenvalue weighted by molar-refractivity contribution is -0.137. The van der Waals surface area contributed by atoms with Crippen LogP contribution in [0.3, 0.4) is 0 Å². The molecule has 2 aromatic rings. The summed E-state index contributed by atoms with van der Waals surface area (Å²) in [7, 11) is 0. The smallest absolute Gasteiger partial charge is 0.307 e. The first-order valence-electron chi connectivity index (χ1n) is 11.8. The van der Waals surface area contributed by atoms with Gasteiger partial charge >= 0.3 is 5.97 Å². The van der Waals surface area contributed by atoms with E-state index in [2.05, 4.69) is 47.8 Å². The first-order valence-corrected chi connectivity index (χ1v) is 11.8. The number of hydrogen-bond donors (Lipinski definition) is 2. The Morgan fingerprint density at radius 2 is 1.36 bits per heavy atom. The van der Waals surface area contributed by atoms with E-state index in [4.69, 9.17) is 0 Å². The number of carbonyl (C=O) groups is 2. The molecule has 0 spiro atoms. The van der Waals surface area contributed by atoms with E-state index in [1.54, 1.807) is 0 Å². The number of nitrogens with zero attached hydrogens (tertiary/aromatic N) is 1. The Labute approximate surface area is 195 Å². The van der Waals surface area contributed by atoms with Crippen molar-refractivity contribution in [3.8, 4) is 0 Å². The molecule has 0 unspecified atom stereocenters. The van der Waals surface area contributed by atoms with Gasteiger partial charge in [-0.3, -0.25) is 9.59 Å². The van der Waals surface area contributed by atoms with E-state index in [1.165, 1.54) is 16.7 Å². The van der Waals surface area contributed by atoms with E-state index < -0.39 is 5.97 Å². The van der Waals surface area contributed by atoms with Crippen molar-refractivity contribution in [3.05, 3.63) is 94.1 Å². The topological polar surface area (TPSA) is 69.6 Å². The summed E-state index contributed by atoms with van der Waals surface area (Å²) < 4.78 is 0. The van der Waals surface area contributed by atoms with Gasteiger partial charge in [-0.1, -0.05) is 66.3 Å². The lowest BCUT2D eigenvalue weighted by Crippen LogP contribution is -2.34. The summed E-state index contributed by atoms with van der Waals surface area (Å²) in [5.41, 5.74) is 6.95. The van der Waals surface area contributed by atoms with Crippen LogP contribution in [-0.4, -0.2) is 35.0 Å². The van der Waals surface area contributed by atoms with E-state index in [-0.39, 0.29) is 12.3 Å². The molecule has 172 valence electrons. The molecular formula is C28H32N2O3. The molecule has 33 heavy (non-hydrogen) atoms. The van der Waals surface area contributed by atoms with E-state index in [1.807, 2.05) is 23.1 Å². The minimum atomic E-state index is -0.854. The van der Waals surface area contributed by atoms with Crippen LogP contribution in [0.25, 0.3) is 0 Å². The molecule has 0 saturated heterocycles. The maximum atomic E-state index is 13.5. The van der Waals surface area contributed by atoms with E-state index >= 15 is 0 Å². The molecule has 2 N–H and O–H groups in total. The van der Waals surface area contributed by atoms with Gasteiger partial charge in [0.1, 0.15) is 0 Å². The zero-order valence-corrected chi connectivity index (χ0v) is 19.1. The molecule has 2 heterocycles. The molecule has 2 aliphatic rings. The fourth-order valence-electron chi connectivity index (χ4n) is 4.73. The molecule has 0 aliphatic carbocycles. The summed E-state index contributed by atoms with van der Waals surface area (Å²) in [6.45, 7) is 2.36. The second kappa shape index (κ2) is 11.1. The Morgan fingerprint density at radius 1 is 0.758 bits per heavy atom. The molecule has 0 bridgehead atoms. The van der Waals surface area contributed by atoms with Gasteiger partial charge in [0, 0.05) is 32.6 Å². The lowest BCUT2D eigenvalue weighted by Gasteiger charge is -2.25. The van der Waals surface area contributed by atoms with Crippen molar-refractivity contribution < 1.29 is 14.7 Å². The molecular weight excluding hydrogens is 412 g/mol. The highest BCUT2D eigenvalue weighted by atomic mass is 16.4. The van der Waals surface area contributed by atoms with Crippen molar-refractivity contribution in [1.29, 1.82) is 0 Å². The standard InChI is InChI=1S/C28H32N2O3/c31-27(15-21-7-5-13-23-9-1-3-11-25(23)18-29-17-21)30-19-22(16-28(32)33)8-6-14-24-10-2-4-12-26(24)20-30/h1-4,7-12,29H,5-6,13-20H2,(H,32,33)/b21-7-,22-8-. The van der Waals surface area contributed by atoms with Gasteiger partial charge in [0.25, 0.3) is 0 Å². The summed E-state index contributed by atoms with van der Waals surface area (Å²) in [4.78, 5) is 26.7. The summed E-state index contributed by atoms with van der Waals surface area (Å²) in [6, 6.07) is 16.7. The Morgan fingerprint density at radius 3 is 2.06 bits per heavy atom. The third-order valence-electron chi connectivity index (χ3n) is 6.46. The van der Waals surface area contributed by atoms with Gasteiger partial charge in [0.15, 0.2) is 0 Å². The van der Waals surface area contributed by atoms with Crippen molar-refractivity contribution in [2.75, 3.05) is 13.1 Å². The minimum Gasteiger partial charge on any atom is -0.481 e. The molecule has 2 aromatic carbocycles. The zero-order valence-electron chi connectivity index (χ0n) is 19.1. The number of benzene rings is 2. The van der Waals surface area contributed by atoms with E-state index in [0.29, 0.717) is 26.1 Å². The molecule has 0 aromatic heterocycles. The van der Waals surface area contributed by atoms with Crippen molar-refractivity contribution in [2.45, 2.75) is 51.6 Å². The molecule has 0 fully saturated rings. The highest BCUT2D eigenvalue weighted by molar-refractivity contribution is 5.79. The molecule has 2 aliphatic heterocycles. The van der Waals surface area contributed by atoms with Crippen LogP contribution in [0, 0.1) is 0 Å². The quantitative estimate of drug-likeness (QED) is 0.685. The number of fused-ring (bicyclic) bond motifs is 2. The number of carbonyl (C=O) groups excluding carboxylic acids is 1. The van der Waals surface area contributed by atoms with Crippen LogP contribution in [0.4, 0.5) is 0 Å². The van der Waals surface area contributed by atoms with Crippen molar-refractivity contribution in [1.82, 2.24) is 10.2 Å². The maximum absolute atomic E-state index is 13.5. The van der Waals surface area contributed by atoms with Crippen LogP contribution in [0.5, 0.6) is 0 Å². The number of aliphatic carboxylic acids is 1. The number of carboxylic acids is 1. The molecule has 5 nitrogen and oxygen atoms in total. The number of allylic oxidation sites excluding steroid dienone is 2. The Kier molecular flexibility index (Phi) is 7.74. The molecule has 0 radical (unpaired) electrons. The summed E-state index contributed by atoms with van der Waals surface area (Å²) in [5.74, 6) is -0.805. The largest absolute Gasteiger partial charge is 0.481 e. The average molecular weight is 445 g/mol. The maximum Gasteiger partial charge on any atom is 0.307 e. The predicted molar refractivity (Wildman–Crippen MR) is 130 cm³/mol. The second-order valence-electron chi connectivity index (χ2n) is 8.94. The van der Waals surface area contributed by atoms with Gasteiger partial charge in [-0.2, -0.15) is 0 Å². The number of carboxylic acid groups (broad SMARTS) is 1. The van der Waals surface area contributed by atoms with Crippen LogP contribution in [0.15, 0.2) is 71.8 Å². The van der Waals surface area contributed by atoms with E-state index in [9.17, 15) is 14.7 Å². The number of nitrogens with one attached hydrogen (secondary N) is 1. The Hall–Kier alpha value is -3.18. The monoisotopic (exact) mass is 444 g/mol. The first kappa shape index (κ1) is 23.0. The lowest BCUT2D eigenvalue weighted by atomic mass is 10.0. The van der Waals surface area contributed by atoms with Gasteiger partial charge in [-0.15, -0.1) is 0 Å². The van der Waals surface area contributed by atoms with Gasteiger partial charge < -0.3 is 15.3 Å². The highest BCUT2D eigenvalue weighted by Crippen LogP contribution is 2.21. The molecule has 0 saturated carbocycles. The normalized spacial score (nSPS) is 20.1. The predicted octanol–water partition coefficient (Wildman–Crippen LogP) is 4.42. The third kappa shape index (κ3) is 6.42. The van der Waals surface area contributed by atoms with Gasteiger partial charge in [0.2, 0.25) is 5.91 Å². The van der Waals surface area contributed by atoms with E-state index in [0.717, 1.165) is 48.9 Å². The third-order valence-corrected chi connectivity index (χ3v) is 6.46. The fraction of sp³-hybridized carbons (Fsp3) is 0.357.